The Balaban J connectivity index is 1.78. The zero-order valence-electron chi connectivity index (χ0n) is 25.8. The molecule has 4 nitrogen and oxygen atoms in total. The first kappa shape index (κ1) is 31.2. The Hall–Kier alpha value is -1.26. The predicted molar refractivity (Wildman–Crippen MR) is 163 cm³/mol. The van der Waals surface area contributed by atoms with Crippen molar-refractivity contribution in [1.82, 2.24) is 9.97 Å². The van der Waals surface area contributed by atoms with Crippen molar-refractivity contribution in [3.05, 3.63) is 57.7 Å². The maximum absolute atomic E-state index is 13.4. The smallest absolute Gasteiger partial charge is 0.367 e. The highest BCUT2D eigenvalue weighted by Crippen LogP contribution is 2.62. The zero-order valence-corrected chi connectivity index (χ0v) is 28.0. The van der Waals surface area contributed by atoms with Crippen LogP contribution in [0.3, 0.4) is 0 Å². The van der Waals surface area contributed by atoms with Crippen molar-refractivity contribution in [2.24, 2.45) is 10.8 Å². The van der Waals surface area contributed by atoms with Crippen molar-refractivity contribution in [2.75, 3.05) is 0 Å². The van der Waals surface area contributed by atoms with E-state index in [9.17, 15) is 13.2 Å². The SMILES string of the molecule is CC(C)c1nc2c(c3c1C(c1ccc(C(F)(F)F)cn1)OC31CCCC1I)C(OC(C)(C)C(C)(C)C)CC(C)(C)C2. The van der Waals surface area contributed by atoms with E-state index in [2.05, 4.69) is 89.9 Å². The van der Waals surface area contributed by atoms with Crippen LogP contribution in [0.15, 0.2) is 18.3 Å². The van der Waals surface area contributed by atoms with Gasteiger partial charge >= 0.3 is 6.18 Å². The Bertz CT molecular complexity index is 1310. The number of nitrogens with zero attached hydrogens (tertiary/aromatic N) is 2. The van der Waals surface area contributed by atoms with Gasteiger partial charge in [-0.1, -0.05) is 71.1 Å². The highest BCUT2D eigenvalue weighted by molar-refractivity contribution is 14.1. The molecule has 5 rings (SSSR count). The van der Waals surface area contributed by atoms with Crippen molar-refractivity contribution in [2.45, 2.75) is 134 Å². The first-order chi connectivity index (χ1) is 18.8. The second kappa shape index (κ2) is 10.1. The lowest BCUT2D eigenvalue weighted by Gasteiger charge is -2.46. The van der Waals surface area contributed by atoms with E-state index >= 15 is 0 Å². The molecule has 1 aliphatic heterocycles. The van der Waals surface area contributed by atoms with Crippen molar-refractivity contribution in [3.63, 3.8) is 0 Å². The third-order valence-electron chi connectivity index (χ3n) is 9.78. The van der Waals surface area contributed by atoms with Crippen LogP contribution >= 0.6 is 22.6 Å². The lowest BCUT2D eigenvalue weighted by Crippen LogP contribution is -2.43. The monoisotopic (exact) mass is 684 g/mol. The molecule has 1 fully saturated rings. The van der Waals surface area contributed by atoms with Crippen LogP contribution in [0.2, 0.25) is 0 Å². The first-order valence-electron chi connectivity index (χ1n) is 14.9. The van der Waals surface area contributed by atoms with Crippen LogP contribution in [0.5, 0.6) is 0 Å². The molecule has 4 atom stereocenters. The molecule has 8 heteroatoms. The van der Waals surface area contributed by atoms with E-state index in [0.29, 0.717) is 5.69 Å². The van der Waals surface area contributed by atoms with E-state index in [-0.39, 0.29) is 26.8 Å². The van der Waals surface area contributed by atoms with Crippen LogP contribution in [-0.4, -0.2) is 19.5 Å². The molecule has 4 unspecified atom stereocenters. The van der Waals surface area contributed by atoms with Gasteiger partial charge in [0, 0.05) is 38.2 Å². The minimum absolute atomic E-state index is 0.00151. The van der Waals surface area contributed by atoms with Crippen molar-refractivity contribution in [1.29, 1.82) is 0 Å². The summed E-state index contributed by atoms with van der Waals surface area (Å²) in [7, 11) is 0. The van der Waals surface area contributed by atoms with E-state index in [1.165, 1.54) is 11.6 Å². The molecule has 1 spiro atoms. The maximum atomic E-state index is 13.4. The largest absolute Gasteiger partial charge is 0.417 e. The molecule has 3 heterocycles. The molecule has 2 aliphatic carbocycles. The molecule has 2 aromatic rings. The highest BCUT2D eigenvalue weighted by atomic mass is 127. The number of pyridine rings is 2. The average Bonchev–Trinajstić information content (AvgIpc) is 3.37. The fourth-order valence-corrected chi connectivity index (χ4v) is 7.91. The van der Waals surface area contributed by atoms with E-state index in [1.807, 2.05) is 0 Å². The highest BCUT2D eigenvalue weighted by Gasteiger charge is 2.57. The van der Waals surface area contributed by atoms with Crippen molar-refractivity contribution < 1.29 is 22.6 Å². The minimum atomic E-state index is -4.44. The number of aromatic nitrogens is 2. The standard InChI is InChI=1S/C33H44F3IN2O2/c1-18(2)27-25-26(24-21(39-27)15-30(6,7)16-22(24)40-31(8,9)29(3,4)5)32(14-10-11-23(32)37)41-28(25)20-13-12-19(17-38-20)33(34,35)36/h12-13,17-18,22-23,28H,10-11,14-16H2,1-9H3. The van der Waals surface area contributed by atoms with Gasteiger partial charge in [0.15, 0.2) is 0 Å². The summed E-state index contributed by atoms with van der Waals surface area (Å²) < 4.78 is 54.7. The Morgan fingerprint density at radius 3 is 2.27 bits per heavy atom. The predicted octanol–water partition coefficient (Wildman–Crippen LogP) is 9.78. The van der Waals surface area contributed by atoms with E-state index in [1.54, 1.807) is 0 Å². The van der Waals surface area contributed by atoms with Gasteiger partial charge in [0.2, 0.25) is 0 Å². The molecule has 0 aromatic carbocycles. The zero-order chi connectivity index (χ0) is 30.3. The summed E-state index contributed by atoms with van der Waals surface area (Å²) in [6, 6.07) is 2.60. The average molecular weight is 685 g/mol. The van der Waals surface area contributed by atoms with Gasteiger partial charge in [0.1, 0.15) is 11.7 Å². The number of fused-ring (bicyclic) bond motifs is 4. The van der Waals surface area contributed by atoms with Gasteiger partial charge in [0.25, 0.3) is 0 Å². The summed E-state index contributed by atoms with van der Waals surface area (Å²) in [6.45, 7) is 19.8. The summed E-state index contributed by atoms with van der Waals surface area (Å²) in [5, 5.41) is 0. The van der Waals surface area contributed by atoms with Crippen LogP contribution in [0.1, 0.15) is 145 Å². The molecule has 0 saturated heterocycles. The Morgan fingerprint density at radius 1 is 1.07 bits per heavy atom. The fourth-order valence-electron chi connectivity index (χ4n) is 6.70. The van der Waals surface area contributed by atoms with Gasteiger partial charge in [-0.15, -0.1) is 0 Å². The quantitative estimate of drug-likeness (QED) is 0.238. The van der Waals surface area contributed by atoms with Crippen LogP contribution in [0, 0.1) is 10.8 Å². The molecule has 0 radical (unpaired) electrons. The van der Waals surface area contributed by atoms with Crippen molar-refractivity contribution >= 4 is 22.6 Å². The Kier molecular flexibility index (Phi) is 7.72. The first-order valence-corrected chi connectivity index (χ1v) is 16.1. The lowest BCUT2D eigenvalue weighted by molar-refractivity contribution is -0.147. The molecule has 1 saturated carbocycles. The molecule has 226 valence electrons. The van der Waals surface area contributed by atoms with Gasteiger partial charge in [-0.05, 0) is 74.8 Å². The summed E-state index contributed by atoms with van der Waals surface area (Å²) in [4.78, 5) is 9.71. The van der Waals surface area contributed by atoms with E-state index < -0.39 is 29.0 Å². The Morgan fingerprint density at radius 2 is 1.76 bits per heavy atom. The lowest BCUT2D eigenvalue weighted by atomic mass is 9.70. The number of hydrogen-bond donors (Lipinski definition) is 0. The second-order valence-electron chi connectivity index (χ2n) is 14.9. The van der Waals surface area contributed by atoms with Gasteiger partial charge in [0.05, 0.1) is 23.0 Å². The topological polar surface area (TPSA) is 44.2 Å². The number of alkyl halides is 4. The molecule has 0 amide bonds. The van der Waals surface area contributed by atoms with Gasteiger partial charge in [-0.25, -0.2) is 0 Å². The van der Waals surface area contributed by atoms with E-state index in [0.717, 1.165) is 66.9 Å². The maximum Gasteiger partial charge on any atom is 0.417 e. The molecule has 0 N–H and O–H groups in total. The summed E-state index contributed by atoms with van der Waals surface area (Å²) in [6.07, 6.45) is 0.346. The number of halogens is 4. The number of rotatable bonds is 4. The third-order valence-corrected chi connectivity index (χ3v) is 11.4. The van der Waals surface area contributed by atoms with Gasteiger partial charge in [-0.2, -0.15) is 13.2 Å². The fraction of sp³-hybridized carbons (Fsp3) is 0.697. The summed E-state index contributed by atoms with van der Waals surface area (Å²) in [5.74, 6) is 0.106. The van der Waals surface area contributed by atoms with E-state index in [4.69, 9.17) is 14.5 Å². The molecule has 0 bridgehead atoms. The second-order valence-corrected chi connectivity index (χ2v) is 16.4. The van der Waals surface area contributed by atoms with Gasteiger partial charge < -0.3 is 9.47 Å². The van der Waals surface area contributed by atoms with Crippen LogP contribution in [-0.2, 0) is 27.7 Å². The molecule has 41 heavy (non-hydrogen) atoms. The van der Waals surface area contributed by atoms with Crippen LogP contribution in [0.4, 0.5) is 13.2 Å². The van der Waals surface area contributed by atoms with Crippen molar-refractivity contribution in [3.8, 4) is 0 Å². The van der Waals surface area contributed by atoms with Crippen LogP contribution in [0.25, 0.3) is 0 Å². The van der Waals surface area contributed by atoms with Crippen LogP contribution < -0.4 is 0 Å². The third kappa shape index (κ3) is 5.36. The molecular formula is C33H44F3IN2O2. The molecular weight excluding hydrogens is 640 g/mol. The number of hydrogen-bond acceptors (Lipinski definition) is 4. The molecule has 3 aliphatic rings. The summed E-state index contributed by atoms with van der Waals surface area (Å²) >= 11 is 2.53. The normalized spacial score (nSPS) is 27.9. The molecule has 2 aromatic heterocycles. The number of ether oxygens (including phenoxy) is 2. The Labute approximate surface area is 256 Å². The summed E-state index contributed by atoms with van der Waals surface area (Å²) in [5.41, 5.74) is 4.06. The van der Waals surface area contributed by atoms with Gasteiger partial charge in [-0.3, -0.25) is 9.97 Å². The minimum Gasteiger partial charge on any atom is -0.367 e.